The fraction of sp³-hybridized carbons (Fsp3) is 0.300. The van der Waals surface area contributed by atoms with E-state index >= 15 is 0 Å². The van der Waals surface area contributed by atoms with Crippen molar-refractivity contribution in [2.75, 3.05) is 5.32 Å². The van der Waals surface area contributed by atoms with Gasteiger partial charge in [-0.05, 0) is 68.3 Å². The third-order valence-corrected chi connectivity index (χ3v) is 5.35. The van der Waals surface area contributed by atoms with Crippen LogP contribution in [-0.2, 0) is 4.79 Å². The standard InChI is InChI=1S/C20H23N5OS/c1-12-6-8-17(14(3)10-12)21-19(26)16(5)27-20-22-23-24-25(20)18-9-7-13(2)11-15(18)4/h6-11,16H,1-5H3,(H,21,26). The summed E-state index contributed by atoms with van der Waals surface area (Å²) < 4.78 is 1.68. The van der Waals surface area contributed by atoms with Crippen molar-refractivity contribution in [1.82, 2.24) is 20.2 Å². The molecule has 1 N–H and O–H groups in total. The van der Waals surface area contributed by atoms with E-state index in [-0.39, 0.29) is 11.2 Å². The first-order chi connectivity index (χ1) is 12.8. The number of nitrogens with zero attached hydrogens (tertiary/aromatic N) is 4. The van der Waals surface area contributed by atoms with Crippen LogP contribution in [0.1, 0.15) is 29.2 Å². The van der Waals surface area contributed by atoms with E-state index in [0.29, 0.717) is 5.16 Å². The minimum absolute atomic E-state index is 0.0814. The maximum atomic E-state index is 12.6. The fourth-order valence-electron chi connectivity index (χ4n) is 2.85. The van der Waals surface area contributed by atoms with Gasteiger partial charge in [-0.3, -0.25) is 4.79 Å². The van der Waals surface area contributed by atoms with Gasteiger partial charge in [-0.1, -0.05) is 47.2 Å². The lowest BCUT2D eigenvalue weighted by Crippen LogP contribution is -2.23. The Bertz CT molecular complexity index is 982. The summed E-state index contributed by atoms with van der Waals surface area (Å²) in [6, 6.07) is 12.1. The van der Waals surface area contributed by atoms with Crippen molar-refractivity contribution in [3.8, 4) is 5.69 Å². The van der Waals surface area contributed by atoms with E-state index in [0.717, 1.165) is 22.5 Å². The van der Waals surface area contributed by atoms with Crippen LogP contribution in [0, 0.1) is 27.7 Å². The molecular formula is C20H23N5OS. The predicted molar refractivity (Wildman–Crippen MR) is 108 cm³/mol. The van der Waals surface area contributed by atoms with Crippen LogP contribution in [0.5, 0.6) is 0 Å². The zero-order valence-corrected chi connectivity index (χ0v) is 17.0. The van der Waals surface area contributed by atoms with Gasteiger partial charge in [-0.15, -0.1) is 5.10 Å². The zero-order chi connectivity index (χ0) is 19.6. The average molecular weight is 382 g/mol. The third kappa shape index (κ3) is 4.36. The Morgan fingerprint density at radius 3 is 2.37 bits per heavy atom. The summed E-state index contributed by atoms with van der Waals surface area (Å²) in [5.41, 5.74) is 6.21. The quantitative estimate of drug-likeness (QED) is 0.676. The second-order valence-corrected chi connectivity index (χ2v) is 8.04. The molecule has 0 spiro atoms. The summed E-state index contributed by atoms with van der Waals surface area (Å²) in [6.45, 7) is 9.94. The second-order valence-electron chi connectivity index (χ2n) is 6.73. The minimum atomic E-state index is -0.346. The van der Waals surface area contributed by atoms with Crippen molar-refractivity contribution in [1.29, 1.82) is 0 Å². The molecule has 3 rings (SSSR count). The molecule has 6 nitrogen and oxygen atoms in total. The third-order valence-electron chi connectivity index (χ3n) is 4.31. The molecule has 0 radical (unpaired) electrons. The summed E-state index contributed by atoms with van der Waals surface area (Å²) >= 11 is 1.34. The number of amides is 1. The van der Waals surface area contributed by atoms with Gasteiger partial charge in [0.05, 0.1) is 10.9 Å². The Kier molecular flexibility index (Phi) is 5.60. The molecule has 7 heteroatoms. The molecule has 2 aromatic carbocycles. The highest BCUT2D eigenvalue weighted by Crippen LogP contribution is 2.26. The van der Waals surface area contributed by atoms with Crippen molar-refractivity contribution in [2.24, 2.45) is 0 Å². The monoisotopic (exact) mass is 381 g/mol. The first-order valence-electron chi connectivity index (χ1n) is 8.76. The molecule has 0 aliphatic carbocycles. The van der Waals surface area contributed by atoms with Crippen LogP contribution in [0.25, 0.3) is 5.69 Å². The summed E-state index contributed by atoms with van der Waals surface area (Å²) in [7, 11) is 0. The van der Waals surface area contributed by atoms with Crippen molar-refractivity contribution in [2.45, 2.75) is 45.0 Å². The lowest BCUT2D eigenvalue weighted by molar-refractivity contribution is -0.115. The van der Waals surface area contributed by atoms with Crippen LogP contribution in [0.3, 0.4) is 0 Å². The van der Waals surface area contributed by atoms with E-state index in [1.165, 1.54) is 22.9 Å². The topological polar surface area (TPSA) is 72.7 Å². The van der Waals surface area contributed by atoms with E-state index in [4.69, 9.17) is 0 Å². The smallest absolute Gasteiger partial charge is 0.237 e. The van der Waals surface area contributed by atoms with Gasteiger partial charge in [0.2, 0.25) is 11.1 Å². The van der Waals surface area contributed by atoms with Gasteiger partial charge >= 0.3 is 0 Å². The lowest BCUT2D eigenvalue weighted by Gasteiger charge is -2.14. The van der Waals surface area contributed by atoms with Crippen LogP contribution in [0.4, 0.5) is 5.69 Å². The Balaban J connectivity index is 1.76. The van der Waals surface area contributed by atoms with E-state index in [2.05, 4.69) is 26.9 Å². The largest absolute Gasteiger partial charge is 0.325 e. The highest BCUT2D eigenvalue weighted by atomic mass is 32.2. The number of benzene rings is 2. The molecule has 3 aromatic rings. The number of hydrogen-bond acceptors (Lipinski definition) is 5. The predicted octanol–water partition coefficient (Wildman–Crippen LogP) is 4.02. The van der Waals surface area contributed by atoms with E-state index in [9.17, 15) is 4.79 Å². The van der Waals surface area contributed by atoms with Crippen LogP contribution in [0.2, 0.25) is 0 Å². The molecular weight excluding hydrogens is 358 g/mol. The number of thioether (sulfide) groups is 1. The van der Waals surface area contributed by atoms with Crippen LogP contribution < -0.4 is 5.32 Å². The number of tetrazole rings is 1. The SMILES string of the molecule is Cc1ccc(NC(=O)C(C)Sc2nnnn2-c2ccc(C)cc2C)c(C)c1. The summed E-state index contributed by atoms with van der Waals surface area (Å²) in [5, 5.41) is 15.2. The number of carbonyl (C=O) groups excluding carboxylic acids is 1. The number of carbonyl (C=O) groups is 1. The molecule has 1 amide bonds. The Labute approximate surface area is 163 Å². The molecule has 140 valence electrons. The van der Waals surface area contributed by atoms with Crippen molar-refractivity contribution in [3.63, 3.8) is 0 Å². The highest BCUT2D eigenvalue weighted by molar-refractivity contribution is 8.00. The van der Waals surface area contributed by atoms with Gasteiger partial charge in [0.1, 0.15) is 0 Å². The highest BCUT2D eigenvalue weighted by Gasteiger charge is 2.20. The van der Waals surface area contributed by atoms with Crippen molar-refractivity contribution < 1.29 is 4.79 Å². The van der Waals surface area contributed by atoms with Crippen molar-refractivity contribution in [3.05, 3.63) is 58.7 Å². The Hall–Kier alpha value is -2.67. The molecule has 0 bridgehead atoms. The van der Waals surface area contributed by atoms with Crippen LogP contribution in [0.15, 0.2) is 41.6 Å². The lowest BCUT2D eigenvalue weighted by atomic mass is 10.1. The fourth-order valence-corrected chi connectivity index (χ4v) is 3.65. The molecule has 0 aliphatic rings. The second kappa shape index (κ2) is 7.92. The Morgan fingerprint density at radius 2 is 1.70 bits per heavy atom. The van der Waals surface area contributed by atoms with E-state index < -0.39 is 0 Å². The van der Waals surface area contributed by atoms with Gasteiger partial charge in [0, 0.05) is 5.69 Å². The first kappa shape index (κ1) is 19.1. The number of nitrogens with one attached hydrogen (secondary N) is 1. The van der Waals surface area contributed by atoms with Crippen LogP contribution >= 0.6 is 11.8 Å². The minimum Gasteiger partial charge on any atom is -0.325 e. The molecule has 0 saturated heterocycles. The Morgan fingerprint density at radius 1 is 1.04 bits per heavy atom. The summed E-state index contributed by atoms with van der Waals surface area (Å²) in [5.74, 6) is -0.0814. The molecule has 0 saturated carbocycles. The van der Waals surface area contributed by atoms with E-state index in [1.54, 1.807) is 4.68 Å². The number of aromatic nitrogens is 4. The molecule has 1 atom stereocenters. The van der Waals surface area contributed by atoms with Crippen molar-refractivity contribution >= 4 is 23.4 Å². The number of rotatable bonds is 5. The number of aryl methyl sites for hydroxylation is 4. The summed E-state index contributed by atoms with van der Waals surface area (Å²) in [6.07, 6.45) is 0. The molecule has 27 heavy (non-hydrogen) atoms. The van der Waals surface area contributed by atoms with E-state index in [1.807, 2.05) is 65.0 Å². The molecule has 1 unspecified atom stereocenters. The van der Waals surface area contributed by atoms with Gasteiger partial charge in [0.25, 0.3) is 0 Å². The zero-order valence-electron chi connectivity index (χ0n) is 16.1. The van der Waals surface area contributed by atoms with Gasteiger partial charge in [-0.25, -0.2) is 0 Å². The molecule has 1 heterocycles. The molecule has 0 fully saturated rings. The van der Waals surface area contributed by atoms with Gasteiger partial charge in [0.15, 0.2) is 0 Å². The normalized spacial score (nSPS) is 12.0. The van der Waals surface area contributed by atoms with Gasteiger partial charge in [-0.2, -0.15) is 4.68 Å². The van der Waals surface area contributed by atoms with Gasteiger partial charge < -0.3 is 5.32 Å². The maximum absolute atomic E-state index is 12.6. The first-order valence-corrected chi connectivity index (χ1v) is 9.64. The number of hydrogen-bond donors (Lipinski definition) is 1. The summed E-state index contributed by atoms with van der Waals surface area (Å²) in [4.78, 5) is 12.6. The number of anilines is 1. The average Bonchev–Trinajstić information content (AvgIpc) is 3.05. The molecule has 0 aliphatic heterocycles. The molecule has 1 aromatic heterocycles. The maximum Gasteiger partial charge on any atom is 0.237 e. The van der Waals surface area contributed by atoms with Crippen LogP contribution in [-0.4, -0.2) is 31.4 Å².